The first kappa shape index (κ1) is 11.3. The maximum atomic E-state index is 11.8. The van der Waals surface area contributed by atoms with Gasteiger partial charge in [0.1, 0.15) is 0 Å². The molecule has 1 aliphatic rings. The van der Waals surface area contributed by atoms with Crippen molar-refractivity contribution < 1.29 is 0 Å². The summed E-state index contributed by atoms with van der Waals surface area (Å²) in [7, 11) is 0. The molecule has 18 heavy (non-hydrogen) atoms. The van der Waals surface area contributed by atoms with E-state index in [1.54, 1.807) is 0 Å². The zero-order valence-corrected chi connectivity index (χ0v) is 10.7. The molecule has 0 aromatic carbocycles. The molecule has 0 aliphatic heterocycles. The quantitative estimate of drug-likeness (QED) is 0.848. The lowest BCUT2D eigenvalue weighted by Gasteiger charge is -2.10. The van der Waals surface area contributed by atoms with Crippen LogP contribution in [0.15, 0.2) is 4.79 Å². The maximum absolute atomic E-state index is 11.8. The Balaban J connectivity index is 2.11. The Kier molecular flexibility index (Phi) is 2.57. The van der Waals surface area contributed by atoms with Crippen LogP contribution >= 0.6 is 0 Å². The van der Waals surface area contributed by atoms with Crippen molar-refractivity contribution in [3.05, 3.63) is 21.7 Å². The van der Waals surface area contributed by atoms with Crippen LogP contribution in [-0.2, 0) is 6.42 Å². The number of aryl methyl sites for hydroxylation is 2. The Hall–Kier alpha value is -1.85. The molecule has 2 aromatic heterocycles. The van der Waals surface area contributed by atoms with Gasteiger partial charge in [-0.25, -0.2) is 19.3 Å². The Labute approximate surface area is 104 Å². The monoisotopic (exact) mass is 247 g/mol. The van der Waals surface area contributed by atoms with Gasteiger partial charge in [0.2, 0.25) is 5.95 Å². The number of nitrogens with one attached hydrogen (secondary N) is 2. The van der Waals surface area contributed by atoms with Gasteiger partial charge in [0.05, 0.1) is 0 Å². The van der Waals surface area contributed by atoms with E-state index in [1.165, 1.54) is 17.2 Å². The van der Waals surface area contributed by atoms with Crippen molar-refractivity contribution in [2.75, 3.05) is 11.9 Å². The highest BCUT2D eigenvalue weighted by Crippen LogP contribution is 2.28. The van der Waals surface area contributed by atoms with Crippen LogP contribution in [0, 0.1) is 12.8 Å². The number of nitrogens with zero attached hydrogens (tertiary/aromatic N) is 3. The van der Waals surface area contributed by atoms with Gasteiger partial charge in [-0.3, -0.25) is 0 Å². The summed E-state index contributed by atoms with van der Waals surface area (Å²) in [6, 6.07) is 0. The van der Waals surface area contributed by atoms with Gasteiger partial charge in [-0.05, 0) is 32.1 Å². The Bertz CT molecular complexity index is 638. The van der Waals surface area contributed by atoms with Gasteiger partial charge in [-0.1, -0.05) is 6.92 Å². The maximum Gasteiger partial charge on any atom is 0.350 e. The molecule has 2 N–H and O–H groups in total. The summed E-state index contributed by atoms with van der Waals surface area (Å²) in [5.74, 6) is 1.33. The van der Waals surface area contributed by atoms with Crippen LogP contribution in [-0.4, -0.2) is 26.1 Å². The molecule has 96 valence electrons. The van der Waals surface area contributed by atoms with E-state index in [1.807, 2.05) is 13.8 Å². The molecule has 6 nitrogen and oxygen atoms in total. The molecule has 0 saturated heterocycles. The van der Waals surface area contributed by atoms with E-state index in [0.717, 1.165) is 30.1 Å². The van der Waals surface area contributed by atoms with Crippen molar-refractivity contribution in [2.24, 2.45) is 5.92 Å². The average molecular weight is 247 g/mol. The first-order chi connectivity index (χ1) is 8.70. The topological polar surface area (TPSA) is 75.1 Å². The zero-order chi connectivity index (χ0) is 12.7. The van der Waals surface area contributed by atoms with Crippen molar-refractivity contribution in [1.29, 1.82) is 0 Å². The first-order valence-electron chi connectivity index (χ1n) is 6.41. The Morgan fingerprint density at radius 3 is 2.94 bits per heavy atom. The molecule has 2 heterocycles. The van der Waals surface area contributed by atoms with Gasteiger partial charge < -0.3 is 5.32 Å². The SMILES string of the molecule is CCc1c(C)nc(NCC2CC2)n2c(=O)[nH]nc12. The minimum Gasteiger partial charge on any atom is -0.355 e. The third kappa shape index (κ3) is 1.77. The summed E-state index contributed by atoms with van der Waals surface area (Å²) in [5, 5.41) is 9.86. The molecule has 6 heteroatoms. The molecule has 0 atom stereocenters. The highest BCUT2D eigenvalue weighted by Gasteiger charge is 2.22. The van der Waals surface area contributed by atoms with E-state index in [-0.39, 0.29) is 5.69 Å². The number of aromatic amines is 1. The standard InChI is InChI=1S/C12H17N5O/c1-3-9-7(2)14-11(13-6-8-4-5-8)17-10(9)15-16-12(17)18/h8H,3-6H2,1-2H3,(H,13,14)(H,16,18). The molecule has 0 amide bonds. The van der Waals surface area contributed by atoms with Crippen molar-refractivity contribution in [1.82, 2.24) is 19.6 Å². The lowest BCUT2D eigenvalue weighted by Crippen LogP contribution is -2.18. The van der Waals surface area contributed by atoms with Crippen molar-refractivity contribution in [2.45, 2.75) is 33.1 Å². The third-order valence-corrected chi connectivity index (χ3v) is 3.46. The molecule has 0 radical (unpaired) electrons. The Morgan fingerprint density at radius 2 is 2.28 bits per heavy atom. The molecule has 0 unspecified atom stereocenters. The lowest BCUT2D eigenvalue weighted by atomic mass is 10.2. The summed E-state index contributed by atoms with van der Waals surface area (Å²) < 4.78 is 1.54. The van der Waals surface area contributed by atoms with Crippen LogP contribution in [0.25, 0.3) is 5.65 Å². The fourth-order valence-electron chi connectivity index (χ4n) is 2.22. The Morgan fingerprint density at radius 1 is 1.50 bits per heavy atom. The van der Waals surface area contributed by atoms with Crippen LogP contribution in [0.1, 0.15) is 31.0 Å². The fourth-order valence-corrected chi connectivity index (χ4v) is 2.22. The van der Waals surface area contributed by atoms with Crippen LogP contribution < -0.4 is 11.0 Å². The molecule has 3 rings (SSSR count). The molecule has 0 bridgehead atoms. The highest BCUT2D eigenvalue weighted by molar-refractivity contribution is 5.53. The normalized spacial score (nSPS) is 15.2. The first-order valence-corrected chi connectivity index (χ1v) is 6.41. The lowest BCUT2D eigenvalue weighted by molar-refractivity contribution is 0.853. The van der Waals surface area contributed by atoms with E-state index in [2.05, 4.69) is 20.5 Å². The number of aromatic nitrogens is 4. The minimum absolute atomic E-state index is 0.231. The second kappa shape index (κ2) is 4.12. The van der Waals surface area contributed by atoms with Gasteiger partial charge in [0.25, 0.3) is 0 Å². The summed E-state index contributed by atoms with van der Waals surface area (Å²) in [6.45, 7) is 4.88. The molecule has 2 aromatic rings. The number of hydrogen-bond acceptors (Lipinski definition) is 4. The minimum atomic E-state index is -0.231. The number of anilines is 1. The van der Waals surface area contributed by atoms with Crippen LogP contribution in [0.4, 0.5) is 5.95 Å². The van der Waals surface area contributed by atoms with Crippen molar-refractivity contribution >= 4 is 11.6 Å². The average Bonchev–Trinajstić information content (AvgIpc) is 3.10. The zero-order valence-electron chi connectivity index (χ0n) is 10.7. The van der Waals surface area contributed by atoms with Crippen molar-refractivity contribution in [3.8, 4) is 0 Å². The van der Waals surface area contributed by atoms with E-state index in [0.29, 0.717) is 11.6 Å². The predicted molar refractivity (Wildman–Crippen MR) is 68.9 cm³/mol. The molecular formula is C12H17N5O. The molecular weight excluding hydrogens is 230 g/mol. The molecule has 1 fully saturated rings. The number of fused-ring (bicyclic) bond motifs is 1. The third-order valence-electron chi connectivity index (χ3n) is 3.46. The van der Waals surface area contributed by atoms with Gasteiger partial charge in [0, 0.05) is 17.8 Å². The van der Waals surface area contributed by atoms with Gasteiger partial charge in [0.15, 0.2) is 5.65 Å². The molecule has 1 aliphatic carbocycles. The summed E-state index contributed by atoms with van der Waals surface area (Å²) in [5.41, 5.74) is 2.41. The number of hydrogen-bond donors (Lipinski definition) is 2. The molecule has 1 saturated carbocycles. The summed E-state index contributed by atoms with van der Waals surface area (Å²) in [4.78, 5) is 16.3. The predicted octanol–water partition coefficient (Wildman–Crippen LogP) is 1.11. The second-order valence-corrected chi connectivity index (χ2v) is 4.86. The molecule has 0 spiro atoms. The highest BCUT2D eigenvalue weighted by atomic mass is 16.1. The second-order valence-electron chi connectivity index (χ2n) is 4.86. The van der Waals surface area contributed by atoms with E-state index in [4.69, 9.17) is 0 Å². The largest absolute Gasteiger partial charge is 0.355 e. The van der Waals surface area contributed by atoms with Gasteiger partial charge >= 0.3 is 5.69 Å². The van der Waals surface area contributed by atoms with E-state index < -0.39 is 0 Å². The van der Waals surface area contributed by atoms with Crippen molar-refractivity contribution in [3.63, 3.8) is 0 Å². The summed E-state index contributed by atoms with van der Waals surface area (Å²) in [6.07, 6.45) is 3.35. The fraction of sp³-hybridized carbons (Fsp3) is 0.583. The van der Waals surface area contributed by atoms with Gasteiger partial charge in [-0.15, -0.1) is 0 Å². The van der Waals surface area contributed by atoms with E-state index in [9.17, 15) is 4.79 Å². The van der Waals surface area contributed by atoms with E-state index >= 15 is 0 Å². The number of rotatable bonds is 4. The smallest absolute Gasteiger partial charge is 0.350 e. The number of H-pyrrole nitrogens is 1. The van der Waals surface area contributed by atoms with Crippen LogP contribution in [0.3, 0.4) is 0 Å². The van der Waals surface area contributed by atoms with Crippen LogP contribution in [0.5, 0.6) is 0 Å². The summed E-state index contributed by atoms with van der Waals surface area (Å²) >= 11 is 0. The van der Waals surface area contributed by atoms with Crippen LogP contribution in [0.2, 0.25) is 0 Å². The van der Waals surface area contributed by atoms with Gasteiger partial charge in [-0.2, -0.15) is 5.10 Å².